The van der Waals surface area contributed by atoms with E-state index in [0.29, 0.717) is 4.47 Å². The van der Waals surface area contributed by atoms with E-state index in [4.69, 9.17) is 21.8 Å². The van der Waals surface area contributed by atoms with Gasteiger partial charge in [-0.1, -0.05) is 27.5 Å². The molecule has 0 aliphatic carbocycles. The molecule has 1 aromatic carbocycles. The van der Waals surface area contributed by atoms with Crippen LogP contribution in [-0.4, -0.2) is 34.1 Å². The first-order valence-electron chi connectivity index (χ1n) is 5.01. The lowest BCUT2D eigenvalue weighted by atomic mass is 10.1. The lowest BCUT2D eigenvalue weighted by Crippen LogP contribution is -2.42. The Labute approximate surface area is 121 Å². The molecule has 0 aromatic heterocycles. The van der Waals surface area contributed by atoms with Crippen LogP contribution in [0.25, 0.3) is 0 Å². The summed E-state index contributed by atoms with van der Waals surface area (Å²) in [6.45, 7) is 0. The predicted molar refractivity (Wildman–Crippen MR) is 70.3 cm³/mol. The number of halogens is 2. The number of aliphatic carboxylic acids is 2. The fraction of sp³-hybridized carbons (Fsp3) is 0.182. The van der Waals surface area contributed by atoms with Crippen LogP contribution in [0.4, 0.5) is 0 Å². The number of carboxylic acids is 2. The third-order valence-electron chi connectivity index (χ3n) is 2.16. The molecule has 0 fully saturated rings. The number of carboxylic acid groups (broad SMARTS) is 2. The van der Waals surface area contributed by atoms with Crippen molar-refractivity contribution >= 4 is 45.4 Å². The Morgan fingerprint density at radius 1 is 1.32 bits per heavy atom. The molecule has 0 spiro atoms. The summed E-state index contributed by atoms with van der Waals surface area (Å²) in [7, 11) is 0. The van der Waals surface area contributed by atoms with Crippen molar-refractivity contribution in [2.24, 2.45) is 0 Å². The first-order valence-corrected chi connectivity index (χ1v) is 6.19. The lowest BCUT2D eigenvalue weighted by molar-refractivity contribution is -0.145. The summed E-state index contributed by atoms with van der Waals surface area (Å²) < 4.78 is 0.661. The molecule has 1 aromatic rings. The number of rotatable bonds is 5. The largest absolute Gasteiger partial charge is 0.481 e. The fourth-order valence-corrected chi connectivity index (χ4v) is 2.04. The molecule has 1 amide bonds. The molecule has 0 saturated carbocycles. The van der Waals surface area contributed by atoms with Gasteiger partial charge in [-0.25, -0.2) is 4.79 Å². The van der Waals surface area contributed by atoms with Crippen LogP contribution >= 0.6 is 27.5 Å². The van der Waals surface area contributed by atoms with Gasteiger partial charge in [0.05, 0.1) is 17.0 Å². The quantitative estimate of drug-likeness (QED) is 0.751. The summed E-state index contributed by atoms with van der Waals surface area (Å²) in [5, 5.41) is 19.6. The van der Waals surface area contributed by atoms with Crippen LogP contribution in [0.15, 0.2) is 22.7 Å². The van der Waals surface area contributed by atoms with Gasteiger partial charge < -0.3 is 15.5 Å². The highest BCUT2D eigenvalue weighted by atomic mass is 79.9. The molecule has 0 aliphatic rings. The Morgan fingerprint density at radius 2 is 1.95 bits per heavy atom. The summed E-state index contributed by atoms with van der Waals surface area (Å²) in [6.07, 6.45) is -0.713. The Bertz CT molecular complexity index is 534. The van der Waals surface area contributed by atoms with Crippen LogP contribution in [0, 0.1) is 0 Å². The Kier molecular flexibility index (Phi) is 5.31. The van der Waals surface area contributed by atoms with Crippen molar-refractivity contribution in [2.75, 3.05) is 0 Å². The monoisotopic (exact) mass is 349 g/mol. The van der Waals surface area contributed by atoms with E-state index in [9.17, 15) is 14.4 Å². The van der Waals surface area contributed by atoms with E-state index in [1.165, 1.54) is 12.1 Å². The van der Waals surface area contributed by atoms with Crippen molar-refractivity contribution in [3.05, 3.63) is 33.3 Å². The first-order chi connectivity index (χ1) is 8.81. The van der Waals surface area contributed by atoms with E-state index in [1.807, 2.05) is 0 Å². The third kappa shape index (κ3) is 4.53. The number of hydrogen-bond donors (Lipinski definition) is 3. The summed E-state index contributed by atoms with van der Waals surface area (Å²) >= 11 is 9.00. The SMILES string of the molecule is O=C(O)CC(NC(=O)c1ccc(Br)cc1Cl)C(=O)O. The highest BCUT2D eigenvalue weighted by Crippen LogP contribution is 2.21. The maximum absolute atomic E-state index is 11.8. The van der Waals surface area contributed by atoms with Crippen LogP contribution < -0.4 is 5.32 Å². The number of amides is 1. The van der Waals surface area contributed by atoms with E-state index in [-0.39, 0.29) is 10.6 Å². The molecule has 0 radical (unpaired) electrons. The smallest absolute Gasteiger partial charge is 0.326 e. The van der Waals surface area contributed by atoms with Gasteiger partial charge in [0.15, 0.2) is 0 Å². The summed E-state index contributed by atoms with van der Waals surface area (Å²) in [5.41, 5.74) is 0.0708. The molecular formula is C11H9BrClNO5. The van der Waals surface area contributed by atoms with Gasteiger partial charge >= 0.3 is 11.9 Å². The van der Waals surface area contributed by atoms with Crippen LogP contribution in [0.1, 0.15) is 16.8 Å². The standard InChI is InChI=1S/C11H9BrClNO5/c12-5-1-2-6(7(13)3-5)10(17)14-8(11(18)19)4-9(15)16/h1-3,8H,4H2,(H,14,17)(H,15,16)(H,18,19). The second-order valence-corrected chi connectivity index (χ2v) is 4.91. The number of carbonyl (C=O) groups is 3. The molecule has 1 atom stereocenters. The third-order valence-corrected chi connectivity index (χ3v) is 2.96. The van der Waals surface area contributed by atoms with Crippen molar-refractivity contribution in [1.82, 2.24) is 5.32 Å². The number of hydrogen-bond acceptors (Lipinski definition) is 3. The maximum atomic E-state index is 11.8. The van der Waals surface area contributed by atoms with Crippen molar-refractivity contribution in [1.29, 1.82) is 0 Å². The van der Waals surface area contributed by atoms with E-state index in [0.717, 1.165) is 0 Å². The minimum Gasteiger partial charge on any atom is -0.481 e. The van der Waals surface area contributed by atoms with E-state index in [2.05, 4.69) is 21.2 Å². The van der Waals surface area contributed by atoms with Gasteiger partial charge in [-0.2, -0.15) is 0 Å². The van der Waals surface area contributed by atoms with Gasteiger partial charge in [0.2, 0.25) is 0 Å². The molecule has 0 bridgehead atoms. The fourth-order valence-electron chi connectivity index (χ4n) is 1.28. The molecule has 1 rings (SSSR count). The molecule has 8 heteroatoms. The molecule has 102 valence electrons. The summed E-state index contributed by atoms with van der Waals surface area (Å²) in [6, 6.07) is 2.93. The van der Waals surface area contributed by atoms with Crippen LogP contribution in [0.5, 0.6) is 0 Å². The highest BCUT2D eigenvalue weighted by Gasteiger charge is 2.24. The number of carbonyl (C=O) groups excluding carboxylic acids is 1. The Balaban J connectivity index is 2.87. The Hall–Kier alpha value is -1.60. The Morgan fingerprint density at radius 3 is 2.42 bits per heavy atom. The van der Waals surface area contributed by atoms with E-state index >= 15 is 0 Å². The van der Waals surface area contributed by atoms with Gasteiger partial charge in [-0.15, -0.1) is 0 Å². The van der Waals surface area contributed by atoms with Crippen LogP contribution in [0.2, 0.25) is 5.02 Å². The zero-order valence-electron chi connectivity index (χ0n) is 9.39. The number of nitrogens with one attached hydrogen (secondary N) is 1. The van der Waals surface area contributed by atoms with Crippen molar-refractivity contribution in [2.45, 2.75) is 12.5 Å². The number of benzene rings is 1. The summed E-state index contributed by atoms with van der Waals surface area (Å²) in [5.74, 6) is -3.50. The normalized spacial score (nSPS) is 11.7. The second-order valence-electron chi connectivity index (χ2n) is 3.59. The maximum Gasteiger partial charge on any atom is 0.326 e. The van der Waals surface area contributed by atoms with E-state index < -0.39 is 30.3 Å². The van der Waals surface area contributed by atoms with Gasteiger partial charge in [0.25, 0.3) is 5.91 Å². The zero-order chi connectivity index (χ0) is 14.6. The first kappa shape index (κ1) is 15.5. The molecule has 0 heterocycles. The molecule has 3 N–H and O–H groups in total. The minimum absolute atomic E-state index is 0.0708. The van der Waals surface area contributed by atoms with Crippen molar-refractivity contribution in [3.8, 4) is 0 Å². The molecule has 19 heavy (non-hydrogen) atoms. The summed E-state index contributed by atoms with van der Waals surface area (Å²) in [4.78, 5) is 33.1. The predicted octanol–water partition coefficient (Wildman–Crippen LogP) is 1.76. The van der Waals surface area contributed by atoms with E-state index in [1.54, 1.807) is 6.07 Å². The topological polar surface area (TPSA) is 104 Å². The van der Waals surface area contributed by atoms with Gasteiger partial charge in [-0.05, 0) is 18.2 Å². The zero-order valence-corrected chi connectivity index (χ0v) is 11.7. The van der Waals surface area contributed by atoms with Crippen LogP contribution in [-0.2, 0) is 9.59 Å². The average Bonchev–Trinajstić information content (AvgIpc) is 2.26. The van der Waals surface area contributed by atoms with Crippen molar-refractivity contribution < 1.29 is 24.6 Å². The van der Waals surface area contributed by atoms with Gasteiger partial charge in [0.1, 0.15) is 6.04 Å². The second kappa shape index (κ2) is 6.53. The lowest BCUT2D eigenvalue weighted by Gasteiger charge is -2.13. The molecule has 1 unspecified atom stereocenters. The average molecular weight is 351 g/mol. The van der Waals surface area contributed by atoms with Crippen molar-refractivity contribution in [3.63, 3.8) is 0 Å². The van der Waals surface area contributed by atoms with Crippen LogP contribution in [0.3, 0.4) is 0 Å². The molecule has 6 nitrogen and oxygen atoms in total. The minimum atomic E-state index is -1.51. The van der Waals surface area contributed by atoms with Gasteiger partial charge in [0, 0.05) is 4.47 Å². The molecule has 0 saturated heterocycles. The highest BCUT2D eigenvalue weighted by molar-refractivity contribution is 9.10. The van der Waals surface area contributed by atoms with Gasteiger partial charge in [-0.3, -0.25) is 9.59 Å². The molecule has 0 aliphatic heterocycles. The molecular weight excluding hydrogens is 341 g/mol.